The Morgan fingerprint density at radius 2 is 2.00 bits per heavy atom. The fourth-order valence-corrected chi connectivity index (χ4v) is 2.55. The largest absolute Gasteiger partial charge is 0.439 e. The third-order valence-corrected chi connectivity index (χ3v) is 3.60. The maximum absolute atomic E-state index is 12.8. The SMILES string of the molecule is Cc1cc([C@@H]2OC(=O)NC23CC3)cc(C(F)(F)F)c1. The highest BCUT2D eigenvalue weighted by atomic mass is 19.4. The number of halogens is 3. The van der Waals surface area contributed by atoms with Gasteiger partial charge in [-0.1, -0.05) is 11.6 Å². The van der Waals surface area contributed by atoms with Gasteiger partial charge in [0.25, 0.3) is 0 Å². The first-order valence-corrected chi connectivity index (χ1v) is 5.98. The van der Waals surface area contributed by atoms with Crippen LogP contribution >= 0.6 is 0 Å². The van der Waals surface area contributed by atoms with Crippen molar-refractivity contribution in [1.29, 1.82) is 0 Å². The van der Waals surface area contributed by atoms with Crippen LogP contribution in [0, 0.1) is 6.92 Å². The molecule has 0 aromatic heterocycles. The van der Waals surface area contributed by atoms with Gasteiger partial charge in [0.15, 0.2) is 6.10 Å². The van der Waals surface area contributed by atoms with Crippen molar-refractivity contribution in [2.75, 3.05) is 0 Å². The van der Waals surface area contributed by atoms with Crippen molar-refractivity contribution >= 4 is 6.09 Å². The first-order chi connectivity index (χ1) is 8.80. The van der Waals surface area contributed by atoms with E-state index in [9.17, 15) is 18.0 Å². The van der Waals surface area contributed by atoms with Crippen LogP contribution in [0.2, 0.25) is 0 Å². The lowest BCUT2D eigenvalue weighted by Crippen LogP contribution is -2.29. The van der Waals surface area contributed by atoms with Gasteiger partial charge >= 0.3 is 12.3 Å². The molecule has 0 bridgehead atoms. The predicted octanol–water partition coefficient (Wildman–Crippen LogP) is 3.33. The van der Waals surface area contributed by atoms with Gasteiger partial charge in [0, 0.05) is 0 Å². The minimum Gasteiger partial charge on any atom is -0.439 e. The Morgan fingerprint density at radius 3 is 2.58 bits per heavy atom. The molecule has 102 valence electrons. The number of alkyl carbamates (subject to hydrolysis) is 1. The molecular formula is C13H12F3NO2. The topological polar surface area (TPSA) is 38.3 Å². The van der Waals surface area contributed by atoms with Crippen LogP contribution in [0.3, 0.4) is 0 Å². The van der Waals surface area contributed by atoms with Gasteiger partial charge in [-0.3, -0.25) is 0 Å². The number of hydrogen-bond acceptors (Lipinski definition) is 2. The molecule has 1 saturated carbocycles. The van der Waals surface area contributed by atoms with Crippen LogP contribution in [0.1, 0.15) is 35.6 Å². The molecule has 6 heteroatoms. The number of nitrogens with one attached hydrogen (secondary N) is 1. The van der Waals surface area contributed by atoms with Crippen molar-refractivity contribution in [2.45, 2.75) is 37.6 Å². The summed E-state index contributed by atoms with van der Waals surface area (Å²) in [6.07, 6.45) is -4.11. The number of alkyl halides is 3. The number of cyclic esters (lactones) is 1. The summed E-state index contributed by atoms with van der Waals surface area (Å²) in [6.45, 7) is 1.60. The maximum atomic E-state index is 12.8. The summed E-state index contributed by atoms with van der Waals surface area (Å²) in [5, 5.41) is 2.69. The van der Waals surface area contributed by atoms with Crippen LogP contribution in [0.25, 0.3) is 0 Å². The van der Waals surface area contributed by atoms with E-state index in [-0.39, 0.29) is 0 Å². The normalized spacial score (nSPS) is 24.2. The first kappa shape index (κ1) is 12.3. The molecule has 0 radical (unpaired) electrons. The number of amides is 1. The number of rotatable bonds is 1. The number of carbonyl (C=O) groups is 1. The van der Waals surface area contributed by atoms with Crippen molar-refractivity contribution in [3.8, 4) is 0 Å². The predicted molar refractivity (Wildman–Crippen MR) is 60.5 cm³/mol. The average Bonchev–Trinajstić information content (AvgIpc) is 2.95. The average molecular weight is 271 g/mol. The molecule has 1 spiro atoms. The van der Waals surface area contributed by atoms with E-state index >= 15 is 0 Å². The monoisotopic (exact) mass is 271 g/mol. The zero-order chi connectivity index (χ0) is 13.8. The molecule has 1 amide bonds. The van der Waals surface area contributed by atoms with Crippen LogP contribution in [0.15, 0.2) is 18.2 Å². The molecule has 3 nitrogen and oxygen atoms in total. The number of benzene rings is 1. The molecule has 19 heavy (non-hydrogen) atoms. The molecule has 2 aliphatic rings. The zero-order valence-electron chi connectivity index (χ0n) is 10.2. The molecule has 1 atom stereocenters. The van der Waals surface area contributed by atoms with Crippen LogP contribution < -0.4 is 5.32 Å². The molecule has 2 fully saturated rings. The van der Waals surface area contributed by atoms with E-state index in [1.165, 1.54) is 0 Å². The van der Waals surface area contributed by atoms with Gasteiger partial charge in [0.1, 0.15) is 0 Å². The fourth-order valence-electron chi connectivity index (χ4n) is 2.55. The lowest BCUT2D eigenvalue weighted by atomic mass is 9.97. The first-order valence-electron chi connectivity index (χ1n) is 5.98. The van der Waals surface area contributed by atoms with Crippen LogP contribution in [0.5, 0.6) is 0 Å². The molecule has 1 aromatic rings. The van der Waals surface area contributed by atoms with Gasteiger partial charge < -0.3 is 10.1 Å². The van der Waals surface area contributed by atoms with E-state index in [0.29, 0.717) is 11.1 Å². The zero-order valence-corrected chi connectivity index (χ0v) is 10.2. The molecular weight excluding hydrogens is 259 g/mol. The van der Waals surface area contributed by atoms with E-state index in [1.807, 2.05) is 0 Å². The second-order valence-corrected chi connectivity index (χ2v) is 5.20. The standard InChI is InChI=1S/C13H12F3NO2/c1-7-4-8(6-9(5-7)13(14,15)16)10-12(2-3-12)17-11(18)19-10/h4-6,10H,2-3H2,1H3,(H,17,18)/t10-/m0/s1. The second kappa shape index (κ2) is 3.65. The molecule has 1 heterocycles. The summed E-state index contributed by atoms with van der Waals surface area (Å²) in [4.78, 5) is 11.3. The number of ether oxygens (including phenoxy) is 1. The summed E-state index contributed by atoms with van der Waals surface area (Å²) in [5.41, 5.74) is -0.290. The van der Waals surface area contributed by atoms with Crippen molar-refractivity contribution < 1.29 is 22.7 Å². The number of aryl methyl sites for hydroxylation is 1. The van der Waals surface area contributed by atoms with Crippen LogP contribution in [-0.2, 0) is 10.9 Å². The Bertz CT molecular complexity index is 549. The molecule has 0 unspecified atom stereocenters. The lowest BCUT2D eigenvalue weighted by molar-refractivity contribution is -0.137. The minimum atomic E-state index is -4.40. The Labute approximate surface area is 107 Å². The summed E-state index contributed by atoms with van der Waals surface area (Å²) in [7, 11) is 0. The minimum absolute atomic E-state index is 0.406. The van der Waals surface area contributed by atoms with Gasteiger partial charge in [-0.15, -0.1) is 0 Å². The van der Waals surface area contributed by atoms with E-state index in [2.05, 4.69) is 5.32 Å². The Kier molecular flexibility index (Phi) is 2.37. The van der Waals surface area contributed by atoms with Gasteiger partial charge in [-0.05, 0) is 37.5 Å². The highest BCUT2D eigenvalue weighted by molar-refractivity contribution is 5.73. The summed E-state index contributed by atoms with van der Waals surface area (Å²) >= 11 is 0. The van der Waals surface area contributed by atoms with Crippen molar-refractivity contribution in [3.05, 3.63) is 34.9 Å². The van der Waals surface area contributed by atoms with E-state index in [1.54, 1.807) is 13.0 Å². The van der Waals surface area contributed by atoms with Gasteiger partial charge in [0.05, 0.1) is 11.1 Å². The summed E-state index contributed by atoms with van der Waals surface area (Å²) < 4.78 is 43.5. The highest BCUT2D eigenvalue weighted by Gasteiger charge is 2.58. The van der Waals surface area contributed by atoms with Gasteiger partial charge in [0.2, 0.25) is 0 Å². The molecule has 1 N–H and O–H groups in total. The van der Waals surface area contributed by atoms with Crippen molar-refractivity contribution in [3.63, 3.8) is 0 Å². The van der Waals surface area contributed by atoms with Crippen LogP contribution in [0.4, 0.5) is 18.0 Å². The second-order valence-electron chi connectivity index (χ2n) is 5.20. The Balaban J connectivity index is 2.02. The van der Waals surface area contributed by atoms with Crippen LogP contribution in [-0.4, -0.2) is 11.6 Å². The van der Waals surface area contributed by atoms with Gasteiger partial charge in [-0.2, -0.15) is 13.2 Å². The fraction of sp³-hybridized carbons (Fsp3) is 0.462. The summed E-state index contributed by atoms with van der Waals surface area (Å²) in [6, 6.07) is 3.80. The molecule has 1 aliphatic heterocycles. The lowest BCUT2D eigenvalue weighted by Gasteiger charge is -2.18. The van der Waals surface area contributed by atoms with Crippen molar-refractivity contribution in [2.24, 2.45) is 0 Å². The Morgan fingerprint density at radius 1 is 1.32 bits per heavy atom. The highest BCUT2D eigenvalue weighted by Crippen LogP contribution is 2.51. The quantitative estimate of drug-likeness (QED) is 0.850. The van der Waals surface area contributed by atoms with E-state index < -0.39 is 29.5 Å². The third kappa shape index (κ3) is 2.05. The van der Waals surface area contributed by atoms with E-state index in [0.717, 1.165) is 25.0 Å². The maximum Gasteiger partial charge on any atom is 0.416 e. The molecule has 1 aromatic carbocycles. The molecule has 3 rings (SSSR count). The number of hydrogen-bond donors (Lipinski definition) is 1. The number of carbonyl (C=O) groups excluding carboxylic acids is 1. The van der Waals surface area contributed by atoms with Gasteiger partial charge in [-0.25, -0.2) is 4.79 Å². The Hall–Kier alpha value is -1.72. The smallest absolute Gasteiger partial charge is 0.416 e. The van der Waals surface area contributed by atoms with E-state index in [4.69, 9.17) is 4.74 Å². The van der Waals surface area contributed by atoms with Crippen molar-refractivity contribution in [1.82, 2.24) is 5.32 Å². The third-order valence-electron chi connectivity index (χ3n) is 3.60. The molecule has 1 saturated heterocycles. The molecule has 1 aliphatic carbocycles. The summed E-state index contributed by atoms with van der Waals surface area (Å²) in [5.74, 6) is 0.